The van der Waals surface area contributed by atoms with E-state index < -0.39 is 0 Å². The van der Waals surface area contributed by atoms with Gasteiger partial charge in [-0.2, -0.15) is 0 Å². The topological polar surface area (TPSA) is 35.6 Å². The molecule has 4 heteroatoms. The molecule has 4 nitrogen and oxygen atoms in total. The number of likely N-dealkylation sites (N-methyl/N-ethyl adjacent to an activating group) is 2. The maximum Gasteiger partial charge on any atom is 0.253 e. The van der Waals surface area contributed by atoms with E-state index in [-0.39, 0.29) is 5.91 Å². The third-order valence-electron chi connectivity index (χ3n) is 2.65. The lowest BCUT2D eigenvalue weighted by Gasteiger charge is -2.19. The Morgan fingerprint density at radius 1 is 1.12 bits per heavy atom. The van der Waals surface area contributed by atoms with Gasteiger partial charge < -0.3 is 15.1 Å². The highest BCUT2D eigenvalue weighted by Gasteiger charge is 2.11. The Kier molecular flexibility index (Phi) is 4.97. The fourth-order valence-electron chi connectivity index (χ4n) is 1.45. The van der Waals surface area contributed by atoms with Crippen molar-refractivity contribution in [2.45, 2.75) is 0 Å². The van der Waals surface area contributed by atoms with E-state index in [0.717, 1.165) is 24.3 Å². The number of nitrogens with one attached hydrogen (secondary N) is 1. The summed E-state index contributed by atoms with van der Waals surface area (Å²) in [5.41, 5.74) is 1.74. The number of hydrogen-bond donors (Lipinski definition) is 1. The molecule has 0 fully saturated rings. The minimum atomic E-state index is 0.0644. The lowest BCUT2D eigenvalue weighted by molar-refractivity contribution is 0.0786. The number of hydrogen-bond acceptors (Lipinski definition) is 3. The molecule has 0 aromatic heterocycles. The molecule has 1 aromatic carbocycles. The van der Waals surface area contributed by atoms with Crippen LogP contribution < -0.4 is 5.32 Å². The Bertz CT molecular complexity index is 359. The summed E-state index contributed by atoms with van der Waals surface area (Å²) >= 11 is 0. The third-order valence-corrected chi connectivity index (χ3v) is 2.65. The van der Waals surface area contributed by atoms with Crippen LogP contribution in [0.3, 0.4) is 0 Å². The molecule has 0 atom stereocenters. The summed E-state index contributed by atoms with van der Waals surface area (Å²) in [6, 6.07) is 7.51. The average Bonchev–Trinajstić information content (AvgIpc) is 2.35. The summed E-state index contributed by atoms with van der Waals surface area (Å²) in [6.07, 6.45) is 0. The summed E-state index contributed by atoms with van der Waals surface area (Å²) in [7, 11) is 7.69. The molecule has 1 aromatic rings. The lowest BCUT2D eigenvalue weighted by Crippen LogP contribution is -2.33. The van der Waals surface area contributed by atoms with E-state index in [1.807, 2.05) is 52.5 Å². The molecular formula is C13H21N3O. The van der Waals surface area contributed by atoms with Gasteiger partial charge in [0.1, 0.15) is 0 Å². The van der Waals surface area contributed by atoms with E-state index in [2.05, 4.69) is 10.2 Å². The Morgan fingerprint density at radius 3 is 2.18 bits per heavy atom. The first-order valence-electron chi connectivity index (χ1n) is 5.72. The van der Waals surface area contributed by atoms with Gasteiger partial charge in [0.25, 0.3) is 5.91 Å². The number of benzene rings is 1. The summed E-state index contributed by atoms with van der Waals surface area (Å²) in [5, 5.41) is 3.03. The molecule has 0 aliphatic heterocycles. The highest BCUT2D eigenvalue weighted by molar-refractivity contribution is 5.94. The van der Waals surface area contributed by atoms with Crippen LogP contribution in [0, 0.1) is 0 Å². The standard InChI is InChI=1S/C13H21N3O/c1-14-12-7-5-11(6-8-12)13(17)16(4)10-9-15(2)3/h5-8,14H,9-10H2,1-4H3. The fourth-order valence-corrected chi connectivity index (χ4v) is 1.45. The quantitative estimate of drug-likeness (QED) is 0.837. The van der Waals surface area contributed by atoms with Crippen molar-refractivity contribution < 1.29 is 4.79 Å². The van der Waals surface area contributed by atoms with Gasteiger partial charge in [-0.1, -0.05) is 0 Å². The molecule has 1 amide bonds. The first-order valence-corrected chi connectivity index (χ1v) is 5.72. The molecule has 17 heavy (non-hydrogen) atoms. The fraction of sp³-hybridized carbons (Fsp3) is 0.462. The maximum atomic E-state index is 12.0. The van der Waals surface area contributed by atoms with E-state index in [1.165, 1.54) is 0 Å². The van der Waals surface area contributed by atoms with Crippen LogP contribution in [0.2, 0.25) is 0 Å². The zero-order valence-electron chi connectivity index (χ0n) is 11.0. The summed E-state index contributed by atoms with van der Waals surface area (Å²) < 4.78 is 0. The third kappa shape index (κ3) is 4.07. The predicted octanol–water partition coefficient (Wildman–Crippen LogP) is 1.36. The van der Waals surface area contributed by atoms with Gasteiger partial charge in [-0.3, -0.25) is 4.79 Å². The van der Waals surface area contributed by atoms with Crippen LogP contribution in [0.5, 0.6) is 0 Å². The van der Waals surface area contributed by atoms with Crippen molar-refractivity contribution >= 4 is 11.6 Å². The maximum absolute atomic E-state index is 12.0. The summed E-state index contributed by atoms with van der Waals surface area (Å²) in [6.45, 7) is 1.61. The number of rotatable bonds is 5. The highest BCUT2D eigenvalue weighted by atomic mass is 16.2. The lowest BCUT2D eigenvalue weighted by atomic mass is 10.2. The number of carbonyl (C=O) groups excluding carboxylic acids is 1. The van der Waals surface area contributed by atoms with Crippen molar-refractivity contribution in [1.29, 1.82) is 0 Å². The summed E-state index contributed by atoms with van der Waals surface area (Å²) in [4.78, 5) is 15.9. The van der Waals surface area contributed by atoms with Gasteiger partial charge in [0, 0.05) is 38.4 Å². The monoisotopic (exact) mass is 235 g/mol. The Hall–Kier alpha value is -1.55. The second-order valence-electron chi connectivity index (χ2n) is 4.36. The molecule has 0 heterocycles. The molecule has 1 rings (SSSR count). The molecule has 0 saturated heterocycles. The number of amides is 1. The minimum Gasteiger partial charge on any atom is -0.388 e. The zero-order chi connectivity index (χ0) is 12.8. The minimum absolute atomic E-state index is 0.0644. The molecule has 0 spiro atoms. The van der Waals surface area contributed by atoms with E-state index in [0.29, 0.717) is 0 Å². The van der Waals surface area contributed by atoms with E-state index in [9.17, 15) is 4.79 Å². The van der Waals surface area contributed by atoms with Crippen LogP contribution in [-0.2, 0) is 0 Å². The van der Waals surface area contributed by atoms with Crippen LogP contribution in [-0.4, -0.2) is 57.0 Å². The molecule has 0 aliphatic carbocycles. The average molecular weight is 235 g/mol. The van der Waals surface area contributed by atoms with Crippen LogP contribution >= 0.6 is 0 Å². The highest BCUT2D eigenvalue weighted by Crippen LogP contribution is 2.10. The van der Waals surface area contributed by atoms with E-state index in [4.69, 9.17) is 0 Å². The van der Waals surface area contributed by atoms with Gasteiger partial charge in [-0.05, 0) is 38.4 Å². The van der Waals surface area contributed by atoms with Crippen LogP contribution in [0.15, 0.2) is 24.3 Å². The van der Waals surface area contributed by atoms with Crippen molar-refractivity contribution in [3.05, 3.63) is 29.8 Å². The van der Waals surface area contributed by atoms with Crippen LogP contribution in [0.25, 0.3) is 0 Å². The first kappa shape index (κ1) is 13.5. The molecule has 0 bridgehead atoms. The number of carbonyl (C=O) groups is 1. The van der Waals surface area contributed by atoms with Crippen LogP contribution in [0.4, 0.5) is 5.69 Å². The largest absolute Gasteiger partial charge is 0.388 e. The Labute approximate surface area is 103 Å². The smallest absolute Gasteiger partial charge is 0.253 e. The molecule has 0 radical (unpaired) electrons. The Morgan fingerprint density at radius 2 is 1.71 bits per heavy atom. The summed E-state index contributed by atoms with van der Waals surface area (Å²) in [5.74, 6) is 0.0644. The van der Waals surface area contributed by atoms with Crippen molar-refractivity contribution in [3.8, 4) is 0 Å². The van der Waals surface area contributed by atoms with Gasteiger partial charge >= 0.3 is 0 Å². The van der Waals surface area contributed by atoms with Crippen LogP contribution in [0.1, 0.15) is 10.4 Å². The van der Waals surface area contributed by atoms with E-state index in [1.54, 1.807) is 4.90 Å². The van der Waals surface area contributed by atoms with E-state index >= 15 is 0 Å². The van der Waals surface area contributed by atoms with Crippen molar-refractivity contribution in [2.24, 2.45) is 0 Å². The molecule has 94 valence electrons. The normalized spacial score (nSPS) is 10.4. The van der Waals surface area contributed by atoms with Gasteiger partial charge in [-0.25, -0.2) is 0 Å². The first-order chi connectivity index (χ1) is 8.04. The Balaban J connectivity index is 2.61. The van der Waals surface area contributed by atoms with Crippen molar-refractivity contribution in [1.82, 2.24) is 9.80 Å². The van der Waals surface area contributed by atoms with Crippen molar-refractivity contribution in [3.63, 3.8) is 0 Å². The molecular weight excluding hydrogens is 214 g/mol. The second-order valence-corrected chi connectivity index (χ2v) is 4.36. The molecule has 0 saturated carbocycles. The zero-order valence-corrected chi connectivity index (χ0v) is 11.0. The van der Waals surface area contributed by atoms with Gasteiger partial charge in [0.05, 0.1) is 0 Å². The van der Waals surface area contributed by atoms with Gasteiger partial charge in [0.2, 0.25) is 0 Å². The number of anilines is 1. The van der Waals surface area contributed by atoms with Crippen molar-refractivity contribution in [2.75, 3.05) is 46.6 Å². The molecule has 1 N–H and O–H groups in total. The number of nitrogens with zero attached hydrogens (tertiary/aromatic N) is 2. The molecule has 0 aliphatic rings. The predicted molar refractivity (Wildman–Crippen MR) is 71.5 cm³/mol. The SMILES string of the molecule is CNc1ccc(C(=O)N(C)CCN(C)C)cc1. The van der Waals surface area contributed by atoms with Gasteiger partial charge in [-0.15, -0.1) is 0 Å². The van der Waals surface area contributed by atoms with Gasteiger partial charge in [0.15, 0.2) is 0 Å². The second kappa shape index (κ2) is 6.25. The molecule has 0 unspecified atom stereocenters.